The summed E-state index contributed by atoms with van der Waals surface area (Å²) < 4.78 is 1.86. The van der Waals surface area contributed by atoms with E-state index in [-0.39, 0.29) is 5.75 Å². The second kappa shape index (κ2) is 4.35. The van der Waals surface area contributed by atoms with E-state index in [1.54, 1.807) is 18.3 Å². The lowest BCUT2D eigenvalue weighted by Gasteiger charge is -2.04. The molecule has 3 aromatic rings. The second-order valence-corrected chi connectivity index (χ2v) is 4.61. The van der Waals surface area contributed by atoms with E-state index in [1.807, 2.05) is 35.0 Å². The Balaban J connectivity index is 1.99. The molecule has 0 unspecified atom stereocenters. The molecule has 0 bridgehead atoms. The molecular formula is C14H11ClN2O. The summed E-state index contributed by atoms with van der Waals surface area (Å²) in [4.78, 5) is 0. The van der Waals surface area contributed by atoms with Gasteiger partial charge in [0.05, 0.1) is 18.3 Å². The molecule has 1 N–H and O–H groups in total. The zero-order valence-electron chi connectivity index (χ0n) is 9.55. The van der Waals surface area contributed by atoms with Crippen molar-refractivity contribution in [3.63, 3.8) is 0 Å². The van der Waals surface area contributed by atoms with Crippen LogP contribution in [0.1, 0.15) is 5.56 Å². The summed E-state index contributed by atoms with van der Waals surface area (Å²) in [6.07, 6.45) is 1.80. The molecule has 0 radical (unpaired) electrons. The Morgan fingerprint density at radius 2 is 1.89 bits per heavy atom. The predicted molar refractivity (Wildman–Crippen MR) is 72.0 cm³/mol. The molecule has 0 aliphatic heterocycles. The van der Waals surface area contributed by atoms with Gasteiger partial charge in [-0.2, -0.15) is 5.10 Å². The highest BCUT2D eigenvalue weighted by molar-refractivity contribution is 6.30. The highest BCUT2D eigenvalue weighted by Crippen LogP contribution is 2.20. The zero-order chi connectivity index (χ0) is 12.5. The molecule has 18 heavy (non-hydrogen) atoms. The van der Waals surface area contributed by atoms with Crippen LogP contribution in [-0.2, 0) is 6.54 Å². The van der Waals surface area contributed by atoms with E-state index in [0.29, 0.717) is 6.54 Å². The average molecular weight is 259 g/mol. The number of hydrogen-bond acceptors (Lipinski definition) is 2. The number of phenols is 1. The minimum Gasteiger partial charge on any atom is -0.508 e. The van der Waals surface area contributed by atoms with Gasteiger partial charge in [-0.3, -0.25) is 4.68 Å². The molecule has 0 atom stereocenters. The van der Waals surface area contributed by atoms with Crippen molar-refractivity contribution in [2.45, 2.75) is 6.54 Å². The molecule has 1 aromatic heterocycles. The highest BCUT2D eigenvalue weighted by Gasteiger charge is 2.04. The maximum Gasteiger partial charge on any atom is 0.117 e. The van der Waals surface area contributed by atoms with Gasteiger partial charge in [0.15, 0.2) is 0 Å². The van der Waals surface area contributed by atoms with E-state index in [4.69, 9.17) is 11.6 Å². The molecule has 1 heterocycles. The van der Waals surface area contributed by atoms with Crippen LogP contribution in [0, 0.1) is 0 Å². The van der Waals surface area contributed by atoms with Gasteiger partial charge in [0.2, 0.25) is 0 Å². The molecule has 3 nitrogen and oxygen atoms in total. The number of aromatic hydroxyl groups is 1. The topological polar surface area (TPSA) is 38.1 Å². The molecule has 0 aliphatic carbocycles. The van der Waals surface area contributed by atoms with Gasteiger partial charge in [-0.15, -0.1) is 0 Å². The molecule has 0 spiro atoms. The molecule has 0 aliphatic rings. The number of benzene rings is 2. The summed E-state index contributed by atoms with van der Waals surface area (Å²) in [6, 6.07) is 12.9. The smallest absolute Gasteiger partial charge is 0.117 e. The van der Waals surface area contributed by atoms with Crippen LogP contribution in [0.4, 0.5) is 0 Å². The van der Waals surface area contributed by atoms with E-state index in [1.165, 1.54) is 0 Å². The Hall–Kier alpha value is -2.00. The number of phenolic OH excluding ortho intramolecular Hbond substituents is 1. The first-order chi connectivity index (χ1) is 8.72. The first kappa shape index (κ1) is 11.1. The Bertz CT molecular complexity index is 689. The molecular weight excluding hydrogens is 248 g/mol. The third kappa shape index (κ3) is 2.05. The number of halogens is 1. The van der Waals surface area contributed by atoms with Crippen LogP contribution >= 0.6 is 11.6 Å². The van der Waals surface area contributed by atoms with E-state index in [2.05, 4.69) is 5.10 Å². The Morgan fingerprint density at radius 3 is 2.67 bits per heavy atom. The van der Waals surface area contributed by atoms with Crippen molar-refractivity contribution in [1.29, 1.82) is 0 Å². The van der Waals surface area contributed by atoms with Gasteiger partial charge in [-0.1, -0.05) is 23.7 Å². The Kier molecular flexibility index (Phi) is 2.68. The van der Waals surface area contributed by atoms with Crippen molar-refractivity contribution >= 4 is 22.5 Å². The summed E-state index contributed by atoms with van der Waals surface area (Å²) >= 11 is 5.85. The van der Waals surface area contributed by atoms with Crippen molar-refractivity contribution in [3.8, 4) is 5.75 Å². The number of fused-ring (bicyclic) bond motifs is 1. The van der Waals surface area contributed by atoms with Gasteiger partial charge >= 0.3 is 0 Å². The third-order valence-electron chi connectivity index (χ3n) is 2.87. The standard InChI is InChI=1S/C14H11ClN2O/c15-12-4-1-10(2-5-12)9-17-14-7-13(18)6-3-11(14)8-16-17/h1-8,18H,9H2. The first-order valence-corrected chi connectivity index (χ1v) is 5.99. The summed E-state index contributed by atoms with van der Waals surface area (Å²) in [5.74, 6) is 0.250. The Morgan fingerprint density at radius 1 is 1.11 bits per heavy atom. The first-order valence-electron chi connectivity index (χ1n) is 5.61. The van der Waals surface area contributed by atoms with Gasteiger partial charge in [0.1, 0.15) is 5.75 Å². The molecule has 0 amide bonds. The minimum absolute atomic E-state index is 0.250. The van der Waals surface area contributed by atoms with E-state index in [0.717, 1.165) is 21.5 Å². The zero-order valence-corrected chi connectivity index (χ0v) is 10.3. The lowest BCUT2D eigenvalue weighted by atomic mass is 10.2. The van der Waals surface area contributed by atoms with Gasteiger partial charge in [0.25, 0.3) is 0 Å². The largest absolute Gasteiger partial charge is 0.508 e. The predicted octanol–water partition coefficient (Wildman–Crippen LogP) is 3.44. The highest BCUT2D eigenvalue weighted by atomic mass is 35.5. The van der Waals surface area contributed by atoms with Gasteiger partial charge in [0, 0.05) is 16.5 Å². The number of hydrogen-bond donors (Lipinski definition) is 1. The van der Waals surface area contributed by atoms with Gasteiger partial charge < -0.3 is 5.11 Å². The fourth-order valence-corrected chi connectivity index (χ4v) is 2.07. The van der Waals surface area contributed by atoms with Crippen LogP contribution in [0.5, 0.6) is 5.75 Å². The maximum absolute atomic E-state index is 9.52. The van der Waals surface area contributed by atoms with Crippen molar-refractivity contribution in [3.05, 3.63) is 59.2 Å². The molecule has 0 fully saturated rings. The second-order valence-electron chi connectivity index (χ2n) is 4.17. The van der Waals surface area contributed by atoms with Crippen molar-refractivity contribution in [1.82, 2.24) is 9.78 Å². The van der Waals surface area contributed by atoms with Crippen LogP contribution in [-0.4, -0.2) is 14.9 Å². The maximum atomic E-state index is 9.52. The number of rotatable bonds is 2. The van der Waals surface area contributed by atoms with Crippen molar-refractivity contribution in [2.24, 2.45) is 0 Å². The fourth-order valence-electron chi connectivity index (χ4n) is 1.95. The van der Waals surface area contributed by atoms with E-state index >= 15 is 0 Å². The summed E-state index contributed by atoms with van der Waals surface area (Å²) in [6.45, 7) is 0.657. The van der Waals surface area contributed by atoms with Gasteiger partial charge in [-0.25, -0.2) is 0 Å². The van der Waals surface area contributed by atoms with Crippen LogP contribution in [0.15, 0.2) is 48.7 Å². The SMILES string of the molecule is Oc1ccc2cnn(Cc3ccc(Cl)cc3)c2c1. The molecule has 0 saturated carbocycles. The quantitative estimate of drug-likeness (QED) is 0.765. The third-order valence-corrected chi connectivity index (χ3v) is 3.13. The molecule has 4 heteroatoms. The lowest BCUT2D eigenvalue weighted by molar-refractivity contribution is 0.475. The average Bonchev–Trinajstić information content (AvgIpc) is 2.75. The van der Waals surface area contributed by atoms with Crippen LogP contribution < -0.4 is 0 Å². The van der Waals surface area contributed by atoms with Crippen LogP contribution in [0.3, 0.4) is 0 Å². The number of nitrogens with zero attached hydrogens (tertiary/aromatic N) is 2. The van der Waals surface area contributed by atoms with E-state index < -0.39 is 0 Å². The van der Waals surface area contributed by atoms with E-state index in [9.17, 15) is 5.11 Å². The van der Waals surface area contributed by atoms with Crippen molar-refractivity contribution in [2.75, 3.05) is 0 Å². The molecule has 2 aromatic carbocycles. The Labute approximate surface area is 109 Å². The normalized spacial score (nSPS) is 10.9. The minimum atomic E-state index is 0.250. The van der Waals surface area contributed by atoms with Crippen LogP contribution in [0.2, 0.25) is 5.02 Å². The molecule has 0 saturated heterocycles. The fraction of sp³-hybridized carbons (Fsp3) is 0.0714. The summed E-state index contributed by atoms with van der Waals surface area (Å²) in [7, 11) is 0. The van der Waals surface area contributed by atoms with Crippen LogP contribution in [0.25, 0.3) is 10.9 Å². The monoisotopic (exact) mass is 258 g/mol. The summed E-state index contributed by atoms with van der Waals surface area (Å²) in [5.41, 5.74) is 2.04. The summed E-state index contributed by atoms with van der Waals surface area (Å²) in [5, 5.41) is 15.6. The lowest BCUT2D eigenvalue weighted by Crippen LogP contribution is -2.00. The molecule has 3 rings (SSSR count). The molecule has 90 valence electrons. The van der Waals surface area contributed by atoms with Gasteiger partial charge in [-0.05, 0) is 29.8 Å². The van der Waals surface area contributed by atoms with Crippen molar-refractivity contribution < 1.29 is 5.11 Å². The number of aromatic nitrogens is 2.